The van der Waals surface area contributed by atoms with Crippen LogP contribution in [0, 0.1) is 0 Å². The van der Waals surface area contributed by atoms with Crippen LogP contribution in [0.3, 0.4) is 0 Å². The Labute approximate surface area is 133 Å². The Morgan fingerprint density at radius 2 is 1.52 bits per heavy atom. The second-order valence-corrected chi connectivity index (χ2v) is 5.44. The fourth-order valence-corrected chi connectivity index (χ4v) is 2.94. The molecule has 0 unspecified atom stereocenters. The standard InChI is InChI=1S/C17H17BrO3/c18-13-17(19-11-4-12-20-17)14-7-9-16(10-8-14)21-15-5-2-1-3-6-15/h1-3,5-10H,4,11-13H2. The Bertz CT molecular complexity index is 562. The molecule has 110 valence electrons. The van der Waals surface area contributed by atoms with Crippen molar-refractivity contribution in [2.45, 2.75) is 12.2 Å². The molecule has 0 aliphatic carbocycles. The molecular weight excluding hydrogens is 332 g/mol. The van der Waals surface area contributed by atoms with Gasteiger partial charge < -0.3 is 14.2 Å². The van der Waals surface area contributed by atoms with Crippen LogP contribution >= 0.6 is 15.9 Å². The molecule has 0 N–H and O–H groups in total. The van der Waals surface area contributed by atoms with Crippen molar-refractivity contribution in [1.82, 2.24) is 0 Å². The molecule has 1 saturated heterocycles. The van der Waals surface area contributed by atoms with Crippen LogP contribution in [0.15, 0.2) is 54.6 Å². The van der Waals surface area contributed by atoms with E-state index in [2.05, 4.69) is 15.9 Å². The van der Waals surface area contributed by atoms with Crippen molar-refractivity contribution in [3.8, 4) is 11.5 Å². The minimum Gasteiger partial charge on any atom is -0.457 e. The first-order valence-electron chi connectivity index (χ1n) is 7.00. The van der Waals surface area contributed by atoms with Crippen LogP contribution in [0.2, 0.25) is 0 Å². The molecule has 2 aromatic rings. The molecule has 4 heteroatoms. The molecule has 1 aliphatic rings. The fourth-order valence-electron chi connectivity index (χ4n) is 2.30. The summed E-state index contributed by atoms with van der Waals surface area (Å²) in [4.78, 5) is 0. The summed E-state index contributed by atoms with van der Waals surface area (Å²) < 4.78 is 17.5. The lowest BCUT2D eigenvalue weighted by atomic mass is 10.1. The van der Waals surface area contributed by atoms with Gasteiger partial charge in [0, 0.05) is 5.56 Å². The maximum absolute atomic E-state index is 5.85. The maximum Gasteiger partial charge on any atom is 0.204 e. The lowest BCUT2D eigenvalue weighted by Crippen LogP contribution is -2.39. The molecule has 1 aliphatic heterocycles. The quantitative estimate of drug-likeness (QED) is 0.763. The summed E-state index contributed by atoms with van der Waals surface area (Å²) in [5, 5.41) is 0.610. The zero-order valence-corrected chi connectivity index (χ0v) is 13.2. The number of benzene rings is 2. The Hall–Kier alpha value is -1.36. The van der Waals surface area contributed by atoms with Crippen LogP contribution in [0.4, 0.5) is 0 Å². The van der Waals surface area contributed by atoms with Crippen molar-refractivity contribution in [2.24, 2.45) is 0 Å². The second kappa shape index (κ2) is 6.60. The number of hydrogen-bond donors (Lipinski definition) is 0. The minimum atomic E-state index is -0.677. The van der Waals surface area contributed by atoms with Gasteiger partial charge in [0.25, 0.3) is 0 Å². The Morgan fingerprint density at radius 3 is 2.14 bits per heavy atom. The summed E-state index contributed by atoms with van der Waals surface area (Å²) in [5.74, 6) is 0.944. The van der Waals surface area contributed by atoms with Crippen molar-refractivity contribution in [1.29, 1.82) is 0 Å². The number of para-hydroxylation sites is 1. The van der Waals surface area contributed by atoms with Crippen molar-refractivity contribution in [3.63, 3.8) is 0 Å². The van der Waals surface area contributed by atoms with Crippen LogP contribution in [0.25, 0.3) is 0 Å². The van der Waals surface area contributed by atoms with Gasteiger partial charge in [0.2, 0.25) is 5.79 Å². The molecule has 0 bridgehead atoms. The van der Waals surface area contributed by atoms with Gasteiger partial charge in [-0.15, -0.1) is 0 Å². The number of alkyl halides is 1. The average molecular weight is 349 g/mol. The average Bonchev–Trinajstić information content (AvgIpc) is 2.57. The van der Waals surface area contributed by atoms with Gasteiger partial charge in [0.1, 0.15) is 11.5 Å². The molecule has 0 atom stereocenters. The third kappa shape index (κ3) is 3.28. The van der Waals surface area contributed by atoms with Crippen molar-refractivity contribution < 1.29 is 14.2 Å². The Morgan fingerprint density at radius 1 is 0.905 bits per heavy atom. The van der Waals surface area contributed by atoms with E-state index in [1.807, 2.05) is 54.6 Å². The summed E-state index contributed by atoms with van der Waals surface area (Å²) >= 11 is 3.50. The van der Waals surface area contributed by atoms with E-state index < -0.39 is 5.79 Å². The van der Waals surface area contributed by atoms with Gasteiger partial charge in [-0.3, -0.25) is 0 Å². The summed E-state index contributed by atoms with van der Waals surface area (Å²) in [6.45, 7) is 1.43. The first-order valence-corrected chi connectivity index (χ1v) is 8.12. The largest absolute Gasteiger partial charge is 0.457 e. The molecule has 1 fully saturated rings. The highest BCUT2D eigenvalue weighted by Gasteiger charge is 2.35. The zero-order chi connectivity index (χ0) is 14.5. The summed E-state index contributed by atoms with van der Waals surface area (Å²) in [6.07, 6.45) is 0.934. The number of halogens is 1. The lowest BCUT2D eigenvalue weighted by molar-refractivity contribution is -0.260. The van der Waals surface area contributed by atoms with Gasteiger partial charge in [-0.05, 0) is 42.8 Å². The van der Waals surface area contributed by atoms with E-state index in [0.717, 1.165) is 23.5 Å². The highest BCUT2D eigenvalue weighted by atomic mass is 79.9. The van der Waals surface area contributed by atoms with E-state index in [1.54, 1.807) is 0 Å². The predicted octanol–water partition coefficient (Wildman–Crippen LogP) is 4.46. The number of ether oxygens (including phenoxy) is 3. The van der Waals surface area contributed by atoms with Gasteiger partial charge in [-0.1, -0.05) is 34.1 Å². The molecule has 3 rings (SSSR count). The van der Waals surface area contributed by atoms with Crippen LogP contribution in [-0.4, -0.2) is 18.5 Å². The smallest absolute Gasteiger partial charge is 0.204 e. The third-order valence-electron chi connectivity index (χ3n) is 3.41. The second-order valence-electron chi connectivity index (χ2n) is 4.88. The van der Waals surface area contributed by atoms with Crippen molar-refractivity contribution >= 4 is 15.9 Å². The fraction of sp³-hybridized carbons (Fsp3) is 0.294. The van der Waals surface area contributed by atoms with Crippen LogP contribution in [-0.2, 0) is 15.3 Å². The summed E-state index contributed by atoms with van der Waals surface area (Å²) in [5.41, 5.74) is 1.000. The van der Waals surface area contributed by atoms with Gasteiger partial charge in [-0.2, -0.15) is 0 Å². The molecule has 21 heavy (non-hydrogen) atoms. The van der Waals surface area contributed by atoms with E-state index in [9.17, 15) is 0 Å². The van der Waals surface area contributed by atoms with Crippen molar-refractivity contribution in [3.05, 3.63) is 60.2 Å². The zero-order valence-electron chi connectivity index (χ0n) is 11.6. The maximum atomic E-state index is 5.85. The predicted molar refractivity (Wildman–Crippen MR) is 85.0 cm³/mol. The monoisotopic (exact) mass is 348 g/mol. The van der Waals surface area contributed by atoms with Crippen LogP contribution < -0.4 is 4.74 Å². The van der Waals surface area contributed by atoms with E-state index in [4.69, 9.17) is 14.2 Å². The van der Waals surface area contributed by atoms with Gasteiger partial charge >= 0.3 is 0 Å². The Kier molecular flexibility index (Phi) is 4.58. The van der Waals surface area contributed by atoms with Crippen molar-refractivity contribution in [2.75, 3.05) is 18.5 Å². The summed E-state index contributed by atoms with van der Waals surface area (Å²) in [7, 11) is 0. The van der Waals surface area contributed by atoms with E-state index in [0.29, 0.717) is 18.5 Å². The topological polar surface area (TPSA) is 27.7 Å². The minimum absolute atomic E-state index is 0.610. The molecule has 0 amide bonds. The number of hydrogen-bond acceptors (Lipinski definition) is 3. The van der Waals surface area contributed by atoms with Gasteiger partial charge in [-0.25, -0.2) is 0 Å². The highest BCUT2D eigenvalue weighted by Crippen LogP contribution is 2.34. The van der Waals surface area contributed by atoms with Crippen LogP contribution in [0.5, 0.6) is 11.5 Å². The molecule has 3 nitrogen and oxygen atoms in total. The molecule has 1 heterocycles. The van der Waals surface area contributed by atoms with E-state index in [1.165, 1.54) is 0 Å². The van der Waals surface area contributed by atoms with Gasteiger partial charge in [0.05, 0.1) is 18.5 Å². The molecule has 2 aromatic carbocycles. The Balaban J connectivity index is 1.77. The van der Waals surface area contributed by atoms with E-state index in [-0.39, 0.29) is 0 Å². The highest BCUT2D eigenvalue weighted by molar-refractivity contribution is 9.09. The normalized spacial score (nSPS) is 17.4. The van der Waals surface area contributed by atoms with Gasteiger partial charge in [0.15, 0.2) is 0 Å². The van der Waals surface area contributed by atoms with Crippen LogP contribution in [0.1, 0.15) is 12.0 Å². The first-order chi connectivity index (χ1) is 10.3. The molecule has 0 radical (unpaired) electrons. The van der Waals surface area contributed by atoms with E-state index >= 15 is 0 Å². The third-order valence-corrected chi connectivity index (χ3v) is 4.15. The molecule has 0 saturated carbocycles. The number of rotatable bonds is 4. The molecular formula is C17H17BrO3. The first kappa shape index (κ1) is 14.6. The molecule has 0 aromatic heterocycles. The SMILES string of the molecule is BrCC1(c2ccc(Oc3ccccc3)cc2)OCCCO1. The summed E-state index contributed by atoms with van der Waals surface area (Å²) in [6, 6.07) is 17.6. The lowest BCUT2D eigenvalue weighted by Gasteiger charge is -2.36. The molecule has 0 spiro atoms.